The van der Waals surface area contributed by atoms with Gasteiger partial charge in [0.1, 0.15) is 5.82 Å². The summed E-state index contributed by atoms with van der Waals surface area (Å²) in [5, 5.41) is 18.8. The molecule has 1 unspecified atom stereocenters. The number of anilines is 1. The Hall–Kier alpha value is -2.61. The van der Waals surface area contributed by atoms with Crippen LogP contribution in [0.4, 0.5) is 14.9 Å². The first kappa shape index (κ1) is 15.9. The number of aromatic nitrogens is 1. The molecule has 1 atom stereocenters. The number of β-amino-alcohol motifs (C(OH)–C–C–N with tert-alkyl or cyclic N) is 1. The van der Waals surface area contributed by atoms with E-state index in [1.165, 1.54) is 18.3 Å². The molecular weight excluding hydrogens is 331 g/mol. The topological polar surface area (TPSA) is 92.0 Å². The summed E-state index contributed by atoms with van der Waals surface area (Å²) in [4.78, 5) is 25.4. The lowest BCUT2D eigenvalue weighted by Crippen LogP contribution is -2.25. The van der Waals surface area contributed by atoms with Gasteiger partial charge in [0.2, 0.25) is 5.43 Å². The molecule has 25 heavy (non-hydrogen) atoms. The number of ether oxygens (including phenoxy) is 1. The van der Waals surface area contributed by atoms with Gasteiger partial charge in [-0.2, -0.15) is 0 Å². The van der Waals surface area contributed by atoms with Crippen LogP contribution in [0.5, 0.6) is 5.75 Å². The van der Waals surface area contributed by atoms with E-state index in [0.29, 0.717) is 18.5 Å². The highest BCUT2D eigenvalue weighted by atomic mass is 19.1. The van der Waals surface area contributed by atoms with E-state index in [-0.39, 0.29) is 29.4 Å². The van der Waals surface area contributed by atoms with Crippen LogP contribution in [0.15, 0.2) is 23.1 Å². The van der Waals surface area contributed by atoms with E-state index in [1.807, 2.05) is 0 Å². The molecule has 2 aromatic rings. The normalized spacial score (nSPS) is 20.2. The van der Waals surface area contributed by atoms with Gasteiger partial charge in [-0.15, -0.1) is 0 Å². The van der Waals surface area contributed by atoms with Crippen molar-refractivity contribution in [1.82, 2.24) is 4.57 Å². The minimum absolute atomic E-state index is 0.0970. The molecule has 2 heterocycles. The van der Waals surface area contributed by atoms with Crippen molar-refractivity contribution in [3.05, 3.63) is 34.4 Å². The fourth-order valence-corrected chi connectivity index (χ4v) is 3.45. The van der Waals surface area contributed by atoms with Crippen molar-refractivity contribution in [3.8, 4) is 5.75 Å². The highest BCUT2D eigenvalue weighted by Gasteiger charge is 2.30. The number of hydrogen-bond donors (Lipinski definition) is 2. The van der Waals surface area contributed by atoms with Crippen LogP contribution < -0.4 is 15.1 Å². The Morgan fingerprint density at radius 3 is 2.64 bits per heavy atom. The van der Waals surface area contributed by atoms with Gasteiger partial charge in [0.05, 0.1) is 28.9 Å². The SMILES string of the molecule is O=C(O)Oc1cn(C2CC2)c2ccc(F)c(N3CCC(O)C3)c2c1=O. The molecule has 1 aromatic carbocycles. The van der Waals surface area contributed by atoms with Gasteiger partial charge in [-0.25, -0.2) is 9.18 Å². The molecule has 0 radical (unpaired) electrons. The van der Waals surface area contributed by atoms with Crippen molar-refractivity contribution in [2.45, 2.75) is 31.4 Å². The molecule has 1 aliphatic heterocycles. The number of nitrogens with zero attached hydrogens (tertiary/aromatic N) is 2. The Kier molecular flexibility index (Phi) is 3.64. The molecule has 8 heteroatoms. The Morgan fingerprint density at radius 1 is 1.28 bits per heavy atom. The molecule has 2 N–H and O–H groups in total. The van der Waals surface area contributed by atoms with Crippen LogP contribution in [0.3, 0.4) is 0 Å². The van der Waals surface area contributed by atoms with Crippen molar-refractivity contribution in [2.24, 2.45) is 0 Å². The first-order chi connectivity index (χ1) is 12.0. The zero-order chi connectivity index (χ0) is 17.7. The fraction of sp³-hybridized carbons (Fsp3) is 0.412. The summed E-state index contributed by atoms with van der Waals surface area (Å²) in [5.74, 6) is -0.910. The van der Waals surface area contributed by atoms with Crippen LogP contribution in [0, 0.1) is 5.82 Å². The van der Waals surface area contributed by atoms with Crippen molar-refractivity contribution in [1.29, 1.82) is 0 Å². The van der Waals surface area contributed by atoms with Crippen LogP contribution in [0.1, 0.15) is 25.3 Å². The molecule has 132 valence electrons. The van der Waals surface area contributed by atoms with Gasteiger partial charge in [-0.05, 0) is 31.4 Å². The summed E-state index contributed by atoms with van der Waals surface area (Å²) < 4.78 is 21.0. The predicted octanol–water partition coefficient (Wildman–Crippen LogP) is 2.10. The van der Waals surface area contributed by atoms with Crippen LogP contribution >= 0.6 is 0 Å². The summed E-state index contributed by atoms with van der Waals surface area (Å²) in [5.41, 5.74) is -0.0162. The number of pyridine rings is 1. The molecule has 0 bridgehead atoms. The number of rotatable bonds is 3. The Morgan fingerprint density at radius 2 is 2.04 bits per heavy atom. The van der Waals surface area contributed by atoms with E-state index in [4.69, 9.17) is 5.11 Å². The van der Waals surface area contributed by atoms with E-state index < -0.39 is 23.5 Å². The molecule has 1 saturated heterocycles. The molecule has 0 spiro atoms. The number of hydrogen-bond acceptors (Lipinski definition) is 5. The third-order valence-electron chi connectivity index (χ3n) is 4.71. The maximum atomic E-state index is 14.6. The minimum Gasteiger partial charge on any atom is -0.449 e. The van der Waals surface area contributed by atoms with Crippen molar-refractivity contribution >= 4 is 22.7 Å². The number of carboxylic acid groups (broad SMARTS) is 1. The van der Waals surface area contributed by atoms with Crippen LogP contribution in [-0.4, -0.2) is 40.1 Å². The van der Waals surface area contributed by atoms with Gasteiger partial charge < -0.3 is 24.4 Å². The van der Waals surface area contributed by atoms with E-state index in [1.54, 1.807) is 9.47 Å². The number of aliphatic hydroxyl groups excluding tert-OH is 1. The lowest BCUT2D eigenvalue weighted by molar-refractivity contribution is 0.143. The lowest BCUT2D eigenvalue weighted by atomic mass is 10.1. The lowest BCUT2D eigenvalue weighted by Gasteiger charge is -2.22. The molecule has 1 aromatic heterocycles. The van der Waals surface area contributed by atoms with Crippen LogP contribution in [0.25, 0.3) is 10.9 Å². The maximum Gasteiger partial charge on any atom is 0.511 e. The fourth-order valence-electron chi connectivity index (χ4n) is 3.45. The Bertz CT molecular complexity index is 921. The van der Waals surface area contributed by atoms with Crippen molar-refractivity contribution < 1.29 is 24.1 Å². The highest BCUT2D eigenvalue weighted by molar-refractivity contribution is 5.94. The van der Waals surface area contributed by atoms with E-state index in [9.17, 15) is 19.1 Å². The van der Waals surface area contributed by atoms with Crippen LogP contribution in [-0.2, 0) is 0 Å². The second-order valence-electron chi connectivity index (χ2n) is 6.51. The smallest absolute Gasteiger partial charge is 0.449 e. The number of aliphatic hydroxyl groups is 1. The molecule has 2 fully saturated rings. The summed E-state index contributed by atoms with van der Waals surface area (Å²) in [6.07, 6.45) is 1.50. The number of benzene rings is 1. The molecule has 2 aliphatic rings. The minimum atomic E-state index is -1.59. The molecule has 0 amide bonds. The Balaban J connectivity index is 2.00. The Labute approximate surface area is 141 Å². The third kappa shape index (κ3) is 2.72. The average Bonchev–Trinajstić information content (AvgIpc) is 3.31. The second-order valence-corrected chi connectivity index (χ2v) is 6.51. The van der Waals surface area contributed by atoms with Gasteiger partial charge in [0.15, 0.2) is 5.75 Å². The van der Waals surface area contributed by atoms with E-state index in [0.717, 1.165) is 12.8 Å². The summed E-state index contributed by atoms with van der Waals surface area (Å²) >= 11 is 0. The largest absolute Gasteiger partial charge is 0.511 e. The third-order valence-corrected chi connectivity index (χ3v) is 4.71. The van der Waals surface area contributed by atoms with Crippen molar-refractivity contribution in [2.75, 3.05) is 18.0 Å². The molecule has 4 rings (SSSR count). The van der Waals surface area contributed by atoms with Gasteiger partial charge in [-0.1, -0.05) is 0 Å². The number of carbonyl (C=O) groups is 1. The molecule has 1 saturated carbocycles. The summed E-state index contributed by atoms with van der Waals surface area (Å²) in [6, 6.07) is 2.98. The molecule has 1 aliphatic carbocycles. The first-order valence-corrected chi connectivity index (χ1v) is 8.17. The maximum absolute atomic E-state index is 14.6. The summed E-state index contributed by atoms with van der Waals surface area (Å²) in [7, 11) is 0. The van der Waals surface area contributed by atoms with Gasteiger partial charge in [0, 0.05) is 19.1 Å². The quantitative estimate of drug-likeness (QED) is 0.826. The molecular formula is C17H17FN2O5. The van der Waals surface area contributed by atoms with Gasteiger partial charge in [0.25, 0.3) is 0 Å². The number of fused-ring (bicyclic) bond motifs is 1. The van der Waals surface area contributed by atoms with Crippen LogP contribution in [0.2, 0.25) is 0 Å². The zero-order valence-corrected chi connectivity index (χ0v) is 13.3. The first-order valence-electron chi connectivity index (χ1n) is 8.17. The monoisotopic (exact) mass is 348 g/mol. The van der Waals surface area contributed by atoms with E-state index in [2.05, 4.69) is 4.74 Å². The van der Waals surface area contributed by atoms with Gasteiger partial charge in [-0.3, -0.25) is 4.79 Å². The van der Waals surface area contributed by atoms with Crippen molar-refractivity contribution in [3.63, 3.8) is 0 Å². The van der Waals surface area contributed by atoms with E-state index >= 15 is 0 Å². The zero-order valence-electron chi connectivity index (χ0n) is 13.3. The predicted molar refractivity (Wildman–Crippen MR) is 87.9 cm³/mol. The summed E-state index contributed by atoms with van der Waals surface area (Å²) in [6.45, 7) is 0.646. The highest BCUT2D eigenvalue weighted by Crippen LogP contribution is 2.40. The average molecular weight is 348 g/mol. The van der Waals surface area contributed by atoms with Gasteiger partial charge >= 0.3 is 6.16 Å². The number of halogens is 1. The second kappa shape index (κ2) is 5.73. The molecule has 7 nitrogen and oxygen atoms in total. The standard InChI is InChI=1S/C17H17FN2O5/c18-11-3-4-12-14(15(11)19-6-5-10(21)7-19)16(22)13(25-17(23)24)8-20(12)9-1-2-9/h3-4,8-10,21H,1-2,5-7H2,(H,23,24).